The second-order valence-corrected chi connectivity index (χ2v) is 15.3. The van der Waals surface area contributed by atoms with Gasteiger partial charge in [0.1, 0.15) is 48.6 Å². The van der Waals surface area contributed by atoms with E-state index in [1.165, 1.54) is 58.9 Å². The number of aliphatic hydroxyl groups is 2. The molecular formula is C29H36Cl4N8O4S. The first-order valence-corrected chi connectivity index (χ1v) is 17.6. The quantitative estimate of drug-likeness (QED) is 0.167. The van der Waals surface area contributed by atoms with E-state index in [1.54, 1.807) is 26.0 Å². The van der Waals surface area contributed by atoms with E-state index in [9.17, 15) is 18.6 Å². The number of hydrogen-bond donors (Lipinski definition) is 3. The highest BCUT2D eigenvalue weighted by Gasteiger charge is 2.56. The maximum atomic E-state index is 13.3. The van der Waals surface area contributed by atoms with Crippen molar-refractivity contribution in [2.45, 2.75) is 63.1 Å². The highest BCUT2D eigenvalue weighted by Crippen LogP contribution is 2.51. The minimum Gasteiger partial charge on any atom is -0.381 e. The van der Waals surface area contributed by atoms with E-state index in [-0.39, 0.29) is 38.8 Å². The van der Waals surface area contributed by atoms with E-state index in [2.05, 4.69) is 25.5 Å². The van der Waals surface area contributed by atoms with Gasteiger partial charge in [-0.2, -0.15) is 14.5 Å². The molecule has 0 aliphatic heterocycles. The van der Waals surface area contributed by atoms with Crippen LogP contribution in [-0.4, -0.2) is 83.9 Å². The topological polar surface area (TPSA) is 151 Å². The summed E-state index contributed by atoms with van der Waals surface area (Å²) >= 11 is 26.1. The van der Waals surface area contributed by atoms with Crippen molar-refractivity contribution < 1.29 is 18.6 Å². The Morgan fingerprint density at radius 3 is 1.65 bits per heavy atom. The van der Waals surface area contributed by atoms with Crippen molar-refractivity contribution in [1.29, 1.82) is 0 Å². The predicted molar refractivity (Wildman–Crippen MR) is 179 cm³/mol. The Morgan fingerprint density at radius 2 is 1.28 bits per heavy atom. The van der Waals surface area contributed by atoms with Crippen molar-refractivity contribution >= 4 is 56.4 Å². The fraction of sp³-hybridized carbons (Fsp3) is 0.448. The third-order valence-corrected chi connectivity index (χ3v) is 10.2. The highest BCUT2D eigenvalue weighted by atomic mass is 35.5. The van der Waals surface area contributed by atoms with Crippen LogP contribution in [0.5, 0.6) is 0 Å². The molecule has 2 aromatic carbocycles. The van der Waals surface area contributed by atoms with Gasteiger partial charge in [-0.1, -0.05) is 72.4 Å². The molecule has 0 aliphatic carbocycles. The molecule has 4 atom stereocenters. The first kappa shape index (κ1) is 36.5. The van der Waals surface area contributed by atoms with Crippen LogP contribution in [-0.2, 0) is 21.2 Å². The molecule has 4 aromatic rings. The Morgan fingerprint density at radius 1 is 0.826 bits per heavy atom. The summed E-state index contributed by atoms with van der Waals surface area (Å²) in [5, 5.41) is 39.3. The predicted octanol–water partition coefficient (Wildman–Crippen LogP) is 4.71. The minimum absolute atomic E-state index is 0.0445. The van der Waals surface area contributed by atoms with E-state index in [0.29, 0.717) is 5.02 Å². The van der Waals surface area contributed by atoms with Crippen molar-refractivity contribution in [1.82, 2.24) is 39.2 Å². The molecule has 0 saturated carbocycles. The average Bonchev–Trinajstić information content (AvgIpc) is 3.67. The molecule has 12 nitrogen and oxygen atoms in total. The monoisotopic (exact) mass is 732 g/mol. The lowest BCUT2D eigenvalue weighted by atomic mass is 9.73. The molecule has 0 spiro atoms. The van der Waals surface area contributed by atoms with Gasteiger partial charge in [0.2, 0.25) is 10.0 Å². The Labute approximate surface area is 288 Å². The molecule has 0 fully saturated rings. The van der Waals surface area contributed by atoms with Gasteiger partial charge in [0.05, 0.1) is 6.26 Å². The first-order valence-electron chi connectivity index (χ1n) is 14.2. The zero-order valence-corrected chi connectivity index (χ0v) is 29.6. The molecule has 4 unspecified atom stereocenters. The van der Waals surface area contributed by atoms with E-state index in [4.69, 9.17) is 46.4 Å². The lowest BCUT2D eigenvalue weighted by Crippen LogP contribution is -2.58. The third kappa shape index (κ3) is 7.69. The highest BCUT2D eigenvalue weighted by molar-refractivity contribution is 7.88. The molecule has 0 radical (unpaired) electrons. The van der Waals surface area contributed by atoms with Crippen molar-refractivity contribution in [2.24, 2.45) is 0 Å². The normalized spacial score (nSPS) is 16.5. The van der Waals surface area contributed by atoms with Gasteiger partial charge in [-0.25, -0.2) is 27.7 Å². The summed E-state index contributed by atoms with van der Waals surface area (Å²) in [5.74, 6) is 0. The molecule has 46 heavy (non-hydrogen) atoms. The number of nitrogens with one attached hydrogen (secondary N) is 1. The van der Waals surface area contributed by atoms with Crippen LogP contribution in [0, 0.1) is 0 Å². The number of rotatable bonds is 14. The van der Waals surface area contributed by atoms with Gasteiger partial charge in [-0.15, -0.1) is 0 Å². The zero-order valence-electron chi connectivity index (χ0n) is 25.8. The molecule has 0 saturated heterocycles. The summed E-state index contributed by atoms with van der Waals surface area (Å²) in [7, 11) is -3.92. The molecule has 0 bridgehead atoms. The van der Waals surface area contributed by atoms with Gasteiger partial charge in [0.25, 0.3) is 0 Å². The first-order chi connectivity index (χ1) is 21.5. The van der Waals surface area contributed by atoms with Crippen LogP contribution >= 0.6 is 46.4 Å². The maximum Gasteiger partial charge on any atom is 0.211 e. The van der Waals surface area contributed by atoms with Gasteiger partial charge in [-0.3, -0.25) is 0 Å². The summed E-state index contributed by atoms with van der Waals surface area (Å²) in [4.78, 5) is 8.29. The number of nitrogens with zero attached hydrogens (tertiary/aromatic N) is 7. The van der Waals surface area contributed by atoms with Gasteiger partial charge in [-0.05, 0) is 38.1 Å². The van der Waals surface area contributed by atoms with Crippen LogP contribution in [0.25, 0.3) is 0 Å². The number of aromatic nitrogens is 6. The standard InChI is InChI=1S/C29H36Cl4N8O4S/c1-18(2)36-12-28(42,22-8-6-20(30)10-24(22)32)26(39-16-34-14-37-39)27(40-17-35-15-38-40)29(43,13-41(19(3)4)46(5,44)45)23-9-7-21(31)11-25(23)33/h6-11,14-19,26-27,36,42-43H,12-13H2,1-5H3. The van der Waals surface area contributed by atoms with E-state index >= 15 is 0 Å². The average molecular weight is 735 g/mol. The fourth-order valence-corrected chi connectivity index (χ4v) is 7.97. The fourth-order valence-electron chi connectivity index (χ4n) is 5.63. The van der Waals surface area contributed by atoms with Crippen molar-refractivity contribution in [2.75, 3.05) is 19.3 Å². The van der Waals surface area contributed by atoms with Gasteiger partial charge in [0.15, 0.2) is 0 Å². The molecule has 3 N–H and O–H groups in total. The zero-order chi connectivity index (χ0) is 34.0. The summed E-state index contributed by atoms with van der Waals surface area (Å²) in [6.45, 7) is 6.52. The lowest BCUT2D eigenvalue weighted by Gasteiger charge is -2.48. The van der Waals surface area contributed by atoms with E-state index in [1.807, 2.05) is 13.8 Å². The van der Waals surface area contributed by atoms with E-state index < -0.39 is 45.9 Å². The van der Waals surface area contributed by atoms with Crippen molar-refractivity contribution in [3.63, 3.8) is 0 Å². The molecule has 2 aromatic heterocycles. The molecule has 2 heterocycles. The maximum absolute atomic E-state index is 13.3. The number of sulfonamides is 1. The minimum atomic E-state index is -3.92. The van der Waals surface area contributed by atoms with Gasteiger partial charge >= 0.3 is 0 Å². The van der Waals surface area contributed by atoms with Crippen LogP contribution in [0.15, 0.2) is 61.7 Å². The summed E-state index contributed by atoms with van der Waals surface area (Å²) in [6.07, 6.45) is 6.30. The van der Waals surface area contributed by atoms with Crippen molar-refractivity contribution in [3.05, 3.63) is 92.9 Å². The van der Waals surface area contributed by atoms with Crippen molar-refractivity contribution in [3.8, 4) is 0 Å². The SMILES string of the molecule is CC(C)NCC(O)(c1ccc(Cl)cc1Cl)C(C(n1cncn1)C(O)(CN(C(C)C)S(C)(=O)=O)c1ccc(Cl)cc1Cl)n1cncn1. The van der Waals surface area contributed by atoms with Gasteiger partial charge in [0, 0.05) is 56.4 Å². The second kappa shape index (κ2) is 14.4. The van der Waals surface area contributed by atoms with E-state index in [0.717, 1.165) is 10.6 Å². The number of halogens is 4. The summed E-state index contributed by atoms with van der Waals surface area (Å²) in [6, 6.07) is 5.73. The molecule has 250 valence electrons. The Bertz CT molecular complexity index is 1730. The Hall–Kier alpha value is -2.33. The Balaban J connectivity index is 2.15. The smallest absolute Gasteiger partial charge is 0.211 e. The molecule has 0 aliphatic rings. The van der Waals surface area contributed by atoms with Crippen LogP contribution in [0.2, 0.25) is 20.1 Å². The number of benzene rings is 2. The Kier molecular flexibility index (Phi) is 11.4. The number of hydrogen-bond acceptors (Lipinski definition) is 9. The molecular weight excluding hydrogens is 698 g/mol. The summed E-state index contributed by atoms with van der Waals surface area (Å²) < 4.78 is 30.3. The largest absolute Gasteiger partial charge is 0.381 e. The van der Waals surface area contributed by atoms with Crippen LogP contribution in [0.3, 0.4) is 0 Å². The van der Waals surface area contributed by atoms with Crippen LogP contribution in [0.1, 0.15) is 50.9 Å². The van der Waals surface area contributed by atoms with Crippen LogP contribution in [0.4, 0.5) is 0 Å². The van der Waals surface area contributed by atoms with Gasteiger partial charge < -0.3 is 15.5 Å². The molecule has 17 heteroatoms. The lowest BCUT2D eigenvalue weighted by molar-refractivity contribution is -0.118. The molecule has 0 amide bonds. The third-order valence-electron chi connectivity index (χ3n) is 7.69. The van der Waals surface area contributed by atoms with Crippen LogP contribution < -0.4 is 5.32 Å². The second-order valence-electron chi connectivity index (χ2n) is 11.7. The summed E-state index contributed by atoms with van der Waals surface area (Å²) in [5.41, 5.74) is -3.90. The molecule has 4 rings (SSSR count).